The first kappa shape index (κ1) is 30.5. The average molecular weight is 641 g/mol. The second kappa shape index (κ2) is 11.5. The summed E-state index contributed by atoms with van der Waals surface area (Å²) in [5.41, 5.74) is 2.48. The van der Waals surface area contributed by atoms with Crippen LogP contribution in [0.1, 0.15) is 72.9 Å². The number of fused-ring (bicyclic) bond motifs is 4. The predicted molar refractivity (Wildman–Crippen MR) is 157 cm³/mol. The van der Waals surface area contributed by atoms with Gasteiger partial charge in [-0.2, -0.15) is 13.2 Å². The molecule has 2 aliphatic heterocycles. The Balaban J connectivity index is 1.41. The van der Waals surface area contributed by atoms with E-state index in [2.05, 4.69) is 11.0 Å². The molecule has 3 unspecified atom stereocenters. The van der Waals surface area contributed by atoms with Crippen LogP contribution in [-0.2, 0) is 21.9 Å². The Morgan fingerprint density at radius 3 is 2.58 bits per heavy atom. The molecule has 7 nitrogen and oxygen atoms in total. The minimum absolute atomic E-state index is 0.0115. The number of rotatable bonds is 0. The van der Waals surface area contributed by atoms with E-state index in [1.54, 1.807) is 10.8 Å². The normalized spacial score (nSPS) is 31.1. The second-order valence-corrected chi connectivity index (χ2v) is 14.9. The van der Waals surface area contributed by atoms with Crippen molar-refractivity contribution in [1.82, 2.24) is 4.72 Å². The Bertz CT molecular complexity index is 1500. The van der Waals surface area contributed by atoms with Gasteiger partial charge in [0.05, 0.1) is 18.4 Å². The standard InChI is InChI=1S/C31H36ClF3N2O5S/c32-22-9-11-24-19(14-22)4-3-13-30(24)17-37-16-21-7-10-23(21)26(38)5-1-2-6-28(31(33,34)35)43(40,41)36-29(39)20-8-12-27(42-18-30)25(37)15-20/h8-9,11-12,14-15,21,23,26,28,38H,1-7,10,13,16-18H2,(H,36,39)/t21?,23?,26?,28-,30-/m0/s1. The third kappa shape index (κ3) is 5.96. The molecule has 1 amide bonds. The summed E-state index contributed by atoms with van der Waals surface area (Å²) < 4.78 is 75.4. The molecule has 0 saturated heterocycles. The number of ether oxygens (including phenoxy) is 1. The van der Waals surface area contributed by atoms with E-state index in [-0.39, 0.29) is 35.7 Å². The van der Waals surface area contributed by atoms with Crippen LogP contribution in [0.5, 0.6) is 5.75 Å². The average Bonchev–Trinajstić information content (AvgIpc) is 3.06. The number of anilines is 1. The molecule has 4 aliphatic rings. The van der Waals surface area contributed by atoms with Crippen molar-refractivity contribution >= 4 is 33.2 Å². The number of sulfonamides is 1. The molecule has 1 spiro atoms. The summed E-state index contributed by atoms with van der Waals surface area (Å²) in [5.74, 6) is -0.455. The molecule has 2 aromatic rings. The van der Waals surface area contributed by atoms with Gasteiger partial charge < -0.3 is 14.7 Å². The quantitative estimate of drug-likeness (QED) is 0.380. The lowest BCUT2D eigenvalue weighted by Gasteiger charge is -2.45. The van der Waals surface area contributed by atoms with Gasteiger partial charge in [0.1, 0.15) is 5.75 Å². The van der Waals surface area contributed by atoms with E-state index >= 15 is 0 Å². The van der Waals surface area contributed by atoms with Crippen LogP contribution in [-0.4, -0.2) is 56.7 Å². The maximum Gasteiger partial charge on any atom is 0.407 e. The van der Waals surface area contributed by atoms with Crippen LogP contribution in [0.25, 0.3) is 0 Å². The van der Waals surface area contributed by atoms with E-state index in [0.29, 0.717) is 42.6 Å². The molecule has 2 aromatic carbocycles. The van der Waals surface area contributed by atoms with Crippen molar-refractivity contribution in [2.24, 2.45) is 11.8 Å². The van der Waals surface area contributed by atoms with E-state index in [1.807, 2.05) is 12.1 Å². The first-order chi connectivity index (χ1) is 20.4. The lowest BCUT2D eigenvalue weighted by Crippen LogP contribution is -2.49. The molecule has 43 heavy (non-hydrogen) atoms. The van der Waals surface area contributed by atoms with Gasteiger partial charge in [0.15, 0.2) is 5.25 Å². The zero-order valence-corrected chi connectivity index (χ0v) is 25.3. The molecule has 0 aromatic heterocycles. The van der Waals surface area contributed by atoms with Crippen molar-refractivity contribution < 1.29 is 36.2 Å². The molecule has 1 saturated carbocycles. The molecule has 2 aliphatic carbocycles. The van der Waals surface area contributed by atoms with Crippen molar-refractivity contribution in [3.05, 3.63) is 58.1 Å². The zero-order chi connectivity index (χ0) is 30.6. The number of nitrogens with zero attached hydrogens (tertiary/aromatic N) is 1. The van der Waals surface area contributed by atoms with Gasteiger partial charge in [0, 0.05) is 29.1 Å². The Hall–Kier alpha value is -2.50. The zero-order valence-electron chi connectivity index (χ0n) is 23.7. The van der Waals surface area contributed by atoms with Crippen molar-refractivity contribution in [3.63, 3.8) is 0 Å². The monoisotopic (exact) mass is 640 g/mol. The number of aryl methyl sites for hydroxylation is 1. The minimum atomic E-state index is -5.07. The number of hydrogen-bond donors (Lipinski definition) is 2. The summed E-state index contributed by atoms with van der Waals surface area (Å²) in [6.07, 6.45) is -1.49. The topological polar surface area (TPSA) is 95.9 Å². The van der Waals surface area contributed by atoms with Crippen LogP contribution >= 0.6 is 11.6 Å². The molecular formula is C31H36ClF3N2O5S. The number of benzene rings is 2. The first-order valence-corrected chi connectivity index (χ1v) is 16.9. The first-order valence-electron chi connectivity index (χ1n) is 15.0. The Kier molecular flexibility index (Phi) is 8.13. The van der Waals surface area contributed by atoms with Gasteiger partial charge in [-0.3, -0.25) is 4.79 Å². The molecule has 2 heterocycles. The highest BCUT2D eigenvalue weighted by atomic mass is 35.5. The van der Waals surface area contributed by atoms with Gasteiger partial charge in [0.25, 0.3) is 5.91 Å². The molecule has 234 valence electrons. The van der Waals surface area contributed by atoms with Crippen LogP contribution in [0.3, 0.4) is 0 Å². The third-order valence-corrected chi connectivity index (χ3v) is 11.9. The highest BCUT2D eigenvalue weighted by Gasteiger charge is 2.49. The second-order valence-electron chi connectivity index (χ2n) is 12.6. The number of hydrogen-bond acceptors (Lipinski definition) is 6. The van der Waals surface area contributed by atoms with E-state index in [9.17, 15) is 31.5 Å². The van der Waals surface area contributed by atoms with Crippen LogP contribution in [0.2, 0.25) is 5.02 Å². The van der Waals surface area contributed by atoms with Gasteiger partial charge in [0.2, 0.25) is 10.0 Å². The fraction of sp³-hybridized carbons (Fsp3) is 0.581. The largest absolute Gasteiger partial charge is 0.490 e. The lowest BCUT2D eigenvalue weighted by molar-refractivity contribution is -0.131. The molecule has 0 radical (unpaired) electrons. The predicted octanol–water partition coefficient (Wildman–Crippen LogP) is 5.76. The van der Waals surface area contributed by atoms with Crippen LogP contribution in [0.4, 0.5) is 18.9 Å². The van der Waals surface area contributed by atoms with E-state index in [1.165, 1.54) is 17.7 Å². The summed E-state index contributed by atoms with van der Waals surface area (Å²) in [4.78, 5) is 15.3. The molecular weight excluding hydrogens is 605 g/mol. The van der Waals surface area contributed by atoms with Crippen LogP contribution in [0.15, 0.2) is 36.4 Å². The number of amides is 1. The Labute approximate surface area is 254 Å². The molecule has 2 bridgehead atoms. The number of carbonyl (C=O) groups is 1. The molecule has 1 fully saturated rings. The van der Waals surface area contributed by atoms with Crippen LogP contribution in [0, 0.1) is 11.8 Å². The lowest BCUT2D eigenvalue weighted by atomic mass is 9.68. The molecule has 2 N–H and O–H groups in total. The van der Waals surface area contributed by atoms with Gasteiger partial charge in [-0.15, -0.1) is 0 Å². The highest BCUT2D eigenvalue weighted by Crippen LogP contribution is 2.47. The fourth-order valence-electron chi connectivity index (χ4n) is 7.52. The molecule has 12 heteroatoms. The summed E-state index contributed by atoms with van der Waals surface area (Å²) in [6, 6.07) is 10.4. The third-order valence-electron chi connectivity index (χ3n) is 9.92. The van der Waals surface area contributed by atoms with E-state index in [4.69, 9.17) is 16.3 Å². The van der Waals surface area contributed by atoms with Crippen molar-refractivity contribution in [1.29, 1.82) is 0 Å². The van der Waals surface area contributed by atoms with Gasteiger partial charge in [-0.05, 0) is 98.2 Å². The SMILES string of the molecule is O=C1NS(=O)(=O)[C@H](C(F)(F)F)CCCCC(O)C2CCC2CN2C[C@@]3(CCCc4cc(Cl)ccc43)COc3ccc1cc32. The number of nitrogens with one attached hydrogen (secondary N) is 1. The highest BCUT2D eigenvalue weighted by molar-refractivity contribution is 7.90. The number of aliphatic hydroxyl groups excluding tert-OH is 1. The Morgan fingerprint density at radius 2 is 1.84 bits per heavy atom. The number of carbonyl (C=O) groups excluding carboxylic acids is 1. The van der Waals surface area contributed by atoms with Gasteiger partial charge >= 0.3 is 6.18 Å². The minimum Gasteiger partial charge on any atom is -0.490 e. The maximum atomic E-state index is 13.9. The summed E-state index contributed by atoms with van der Waals surface area (Å²) in [5, 5.41) is 8.98. The smallest absolute Gasteiger partial charge is 0.407 e. The summed E-state index contributed by atoms with van der Waals surface area (Å²) >= 11 is 6.34. The number of aliphatic hydroxyl groups is 1. The maximum absolute atomic E-state index is 13.9. The number of halogens is 4. The molecule has 6 rings (SSSR count). The van der Waals surface area contributed by atoms with E-state index < -0.39 is 39.9 Å². The van der Waals surface area contributed by atoms with Crippen molar-refractivity contribution in [2.45, 2.75) is 80.7 Å². The summed E-state index contributed by atoms with van der Waals surface area (Å²) in [6.45, 7) is 1.55. The Morgan fingerprint density at radius 1 is 1.05 bits per heavy atom. The van der Waals surface area contributed by atoms with Crippen molar-refractivity contribution in [3.8, 4) is 5.75 Å². The van der Waals surface area contributed by atoms with Gasteiger partial charge in [-0.1, -0.05) is 30.5 Å². The summed E-state index contributed by atoms with van der Waals surface area (Å²) in [7, 11) is -5.07. The van der Waals surface area contributed by atoms with Crippen LogP contribution < -0.4 is 14.4 Å². The van der Waals surface area contributed by atoms with E-state index in [0.717, 1.165) is 37.7 Å². The fourth-order valence-corrected chi connectivity index (χ4v) is 9.06. The van der Waals surface area contributed by atoms with Crippen molar-refractivity contribution in [2.75, 3.05) is 24.6 Å². The number of alkyl halides is 3. The van der Waals surface area contributed by atoms with Gasteiger partial charge in [-0.25, -0.2) is 13.1 Å². The molecule has 5 atom stereocenters.